The second-order valence-corrected chi connectivity index (χ2v) is 4.53. The summed E-state index contributed by atoms with van der Waals surface area (Å²) in [6.45, 7) is -0.0343. The van der Waals surface area contributed by atoms with Crippen molar-refractivity contribution in [3.05, 3.63) is 40.9 Å². The quantitative estimate of drug-likeness (QED) is 0.800. The lowest BCUT2D eigenvalue weighted by atomic mass is 10.2. The minimum absolute atomic E-state index is 0.147. The Morgan fingerprint density at radius 1 is 1.29 bits per heavy atom. The van der Waals surface area contributed by atoms with E-state index in [9.17, 15) is 14.4 Å². The van der Waals surface area contributed by atoms with Crippen molar-refractivity contribution in [1.82, 2.24) is 14.9 Å². The molecule has 0 aliphatic rings. The van der Waals surface area contributed by atoms with E-state index < -0.39 is 12.5 Å². The monoisotopic (exact) mass is 289 g/mol. The van der Waals surface area contributed by atoms with E-state index in [0.29, 0.717) is 23.9 Å². The fourth-order valence-electron chi connectivity index (χ4n) is 1.94. The Balaban J connectivity index is 1.95. The molecule has 2 rings (SSSR count). The molecule has 1 amide bonds. The van der Waals surface area contributed by atoms with Crippen LogP contribution in [0.2, 0.25) is 0 Å². The van der Waals surface area contributed by atoms with E-state index in [2.05, 4.69) is 10.3 Å². The van der Waals surface area contributed by atoms with Crippen LogP contribution >= 0.6 is 0 Å². The molecule has 0 saturated heterocycles. The summed E-state index contributed by atoms with van der Waals surface area (Å²) in [6.07, 6.45) is 2.05. The highest BCUT2D eigenvalue weighted by Crippen LogP contribution is 2.05. The molecule has 7 heteroatoms. The third kappa shape index (κ3) is 3.88. The number of carbonyl (C=O) groups is 2. The number of benzene rings is 1. The normalized spacial score (nSPS) is 10.5. The number of carboxylic acids is 1. The highest BCUT2D eigenvalue weighted by atomic mass is 16.4. The molecule has 0 unspecified atom stereocenters. The Bertz CT molecular complexity index is 723. The minimum atomic E-state index is -1.08. The molecule has 7 nitrogen and oxygen atoms in total. The molecule has 0 aliphatic heterocycles. The molecule has 2 N–H and O–H groups in total. The zero-order valence-electron chi connectivity index (χ0n) is 11.3. The van der Waals surface area contributed by atoms with Crippen LogP contribution in [-0.2, 0) is 16.1 Å². The van der Waals surface area contributed by atoms with Crippen LogP contribution in [0.15, 0.2) is 35.4 Å². The van der Waals surface area contributed by atoms with Gasteiger partial charge in [0.2, 0.25) is 5.91 Å². The van der Waals surface area contributed by atoms with Gasteiger partial charge in [-0.3, -0.25) is 19.0 Å². The van der Waals surface area contributed by atoms with E-state index in [4.69, 9.17) is 5.11 Å². The van der Waals surface area contributed by atoms with Gasteiger partial charge in [-0.05, 0) is 18.6 Å². The number of carbonyl (C=O) groups excluding carboxylic acids is 1. The lowest BCUT2D eigenvalue weighted by Gasteiger charge is -2.06. The predicted octanol–water partition coefficient (Wildman–Crippen LogP) is 0.377. The standard InChI is InChI=1S/C14H15N3O4/c18-12(15-8-13(19)20)6-3-7-17-9-16-11-5-2-1-4-10(11)14(17)21/h1-2,4-5,9H,3,6-8H2,(H,15,18)(H,19,20). The molecule has 0 bridgehead atoms. The fraction of sp³-hybridized carbons (Fsp3) is 0.286. The van der Waals surface area contributed by atoms with E-state index in [1.165, 1.54) is 10.9 Å². The molecule has 0 atom stereocenters. The Morgan fingerprint density at radius 2 is 2.05 bits per heavy atom. The van der Waals surface area contributed by atoms with Crippen LogP contribution < -0.4 is 10.9 Å². The summed E-state index contributed by atoms with van der Waals surface area (Å²) < 4.78 is 1.45. The van der Waals surface area contributed by atoms with Crippen molar-refractivity contribution >= 4 is 22.8 Å². The molecular formula is C14H15N3O4. The molecule has 0 spiro atoms. The van der Waals surface area contributed by atoms with Gasteiger partial charge in [0.15, 0.2) is 0 Å². The summed E-state index contributed by atoms with van der Waals surface area (Å²) in [4.78, 5) is 38.0. The van der Waals surface area contributed by atoms with Gasteiger partial charge in [-0.2, -0.15) is 0 Å². The van der Waals surface area contributed by atoms with E-state index in [0.717, 1.165) is 0 Å². The zero-order valence-corrected chi connectivity index (χ0v) is 11.3. The number of fused-ring (bicyclic) bond motifs is 1. The first kappa shape index (κ1) is 14.7. The van der Waals surface area contributed by atoms with Gasteiger partial charge >= 0.3 is 5.97 Å². The van der Waals surface area contributed by atoms with Crippen LogP contribution in [0.3, 0.4) is 0 Å². The molecule has 1 aromatic heterocycles. The number of hydrogen-bond acceptors (Lipinski definition) is 4. The molecule has 110 valence electrons. The topological polar surface area (TPSA) is 101 Å². The Kier molecular flexibility index (Phi) is 4.65. The smallest absolute Gasteiger partial charge is 0.322 e. The molecule has 0 aliphatic carbocycles. The number of nitrogens with one attached hydrogen (secondary N) is 1. The maximum Gasteiger partial charge on any atom is 0.322 e. The third-order valence-corrected chi connectivity index (χ3v) is 2.97. The average molecular weight is 289 g/mol. The molecule has 1 heterocycles. The highest BCUT2D eigenvalue weighted by molar-refractivity contribution is 5.81. The maximum atomic E-state index is 12.2. The maximum absolute atomic E-state index is 12.2. The first-order valence-corrected chi connectivity index (χ1v) is 6.50. The SMILES string of the molecule is O=C(O)CNC(=O)CCCn1cnc2ccccc2c1=O. The van der Waals surface area contributed by atoms with Crippen molar-refractivity contribution in [3.63, 3.8) is 0 Å². The number of nitrogens with zero attached hydrogens (tertiary/aromatic N) is 2. The summed E-state index contributed by atoms with van der Waals surface area (Å²) in [5.41, 5.74) is 0.490. The van der Waals surface area contributed by atoms with Crippen molar-refractivity contribution < 1.29 is 14.7 Å². The molecule has 2 aromatic rings. The number of hydrogen-bond donors (Lipinski definition) is 2. The lowest BCUT2D eigenvalue weighted by Crippen LogP contribution is -2.29. The minimum Gasteiger partial charge on any atom is -0.480 e. The van der Waals surface area contributed by atoms with Crippen molar-refractivity contribution in [2.45, 2.75) is 19.4 Å². The number of aliphatic carboxylic acids is 1. The number of rotatable bonds is 6. The molecular weight excluding hydrogens is 274 g/mol. The lowest BCUT2D eigenvalue weighted by molar-refractivity contribution is -0.137. The van der Waals surface area contributed by atoms with Crippen molar-refractivity contribution in [2.24, 2.45) is 0 Å². The number of aromatic nitrogens is 2. The van der Waals surface area contributed by atoms with Crippen molar-refractivity contribution in [3.8, 4) is 0 Å². The Hall–Kier alpha value is -2.70. The van der Waals surface area contributed by atoms with Gasteiger partial charge in [0.25, 0.3) is 5.56 Å². The molecule has 0 fully saturated rings. The largest absolute Gasteiger partial charge is 0.480 e. The molecule has 0 saturated carbocycles. The van der Waals surface area contributed by atoms with Crippen LogP contribution in [0.25, 0.3) is 10.9 Å². The zero-order chi connectivity index (χ0) is 15.2. The number of amides is 1. The van der Waals surface area contributed by atoms with Gasteiger partial charge < -0.3 is 10.4 Å². The van der Waals surface area contributed by atoms with Crippen molar-refractivity contribution in [1.29, 1.82) is 0 Å². The third-order valence-electron chi connectivity index (χ3n) is 2.97. The van der Waals surface area contributed by atoms with Crippen LogP contribution in [0.1, 0.15) is 12.8 Å². The average Bonchev–Trinajstić information content (AvgIpc) is 2.48. The van der Waals surface area contributed by atoms with Gasteiger partial charge in [-0.15, -0.1) is 0 Å². The molecule has 0 radical (unpaired) electrons. The van der Waals surface area contributed by atoms with Gasteiger partial charge in [0, 0.05) is 13.0 Å². The molecule has 21 heavy (non-hydrogen) atoms. The Labute approximate surface area is 120 Å². The van der Waals surface area contributed by atoms with E-state index in [1.807, 2.05) is 6.07 Å². The number of carboxylic acid groups (broad SMARTS) is 1. The van der Waals surface area contributed by atoms with Crippen LogP contribution in [0.5, 0.6) is 0 Å². The van der Waals surface area contributed by atoms with Crippen LogP contribution in [0, 0.1) is 0 Å². The summed E-state index contributed by atoms with van der Waals surface area (Å²) in [5, 5.41) is 11.2. The predicted molar refractivity (Wildman–Crippen MR) is 75.9 cm³/mol. The highest BCUT2D eigenvalue weighted by Gasteiger charge is 2.06. The van der Waals surface area contributed by atoms with E-state index >= 15 is 0 Å². The number of para-hydroxylation sites is 1. The first-order valence-electron chi connectivity index (χ1n) is 6.50. The van der Waals surface area contributed by atoms with E-state index in [1.54, 1.807) is 18.2 Å². The van der Waals surface area contributed by atoms with E-state index in [-0.39, 0.29) is 17.9 Å². The van der Waals surface area contributed by atoms with Crippen LogP contribution in [-0.4, -0.2) is 33.1 Å². The summed E-state index contributed by atoms with van der Waals surface area (Å²) >= 11 is 0. The fourth-order valence-corrected chi connectivity index (χ4v) is 1.94. The summed E-state index contributed by atoms with van der Waals surface area (Å²) in [7, 11) is 0. The summed E-state index contributed by atoms with van der Waals surface area (Å²) in [6, 6.07) is 7.06. The first-order chi connectivity index (χ1) is 10.1. The van der Waals surface area contributed by atoms with Crippen molar-refractivity contribution in [2.75, 3.05) is 6.54 Å². The summed E-state index contributed by atoms with van der Waals surface area (Å²) in [5.74, 6) is -1.43. The Morgan fingerprint density at radius 3 is 2.81 bits per heavy atom. The second kappa shape index (κ2) is 6.65. The second-order valence-electron chi connectivity index (χ2n) is 4.53. The van der Waals surface area contributed by atoms with Gasteiger partial charge in [0.1, 0.15) is 6.54 Å². The van der Waals surface area contributed by atoms with Gasteiger partial charge in [0.05, 0.1) is 17.2 Å². The molecule has 1 aromatic carbocycles. The number of aryl methyl sites for hydroxylation is 1. The van der Waals surface area contributed by atoms with Crippen LogP contribution in [0.4, 0.5) is 0 Å². The van der Waals surface area contributed by atoms with Gasteiger partial charge in [-0.1, -0.05) is 12.1 Å². The van der Waals surface area contributed by atoms with Gasteiger partial charge in [-0.25, -0.2) is 4.98 Å².